The van der Waals surface area contributed by atoms with Crippen LogP contribution in [0.15, 0.2) is 42.5 Å². The van der Waals surface area contributed by atoms with Gasteiger partial charge in [0.1, 0.15) is 0 Å². The first-order chi connectivity index (χ1) is 12.4. The Morgan fingerprint density at radius 2 is 2.00 bits per heavy atom. The zero-order chi connectivity index (χ0) is 19.1. The van der Waals surface area contributed by atoms with Crippen LogP contribution in [0.25, 0.3) is 6.08 Å². The van der Waals surface area contributed by atoms with Gasteiger partial charge in [-0.05, 0) is 49.2 Å². The largest absolute Gasteiger partial charge is 0.493 e. The second kappa shape index (κ2) is 8.66. The summed E-state index contributed by atoms with van der Waals surface area (Å²) in [6, 6.07) is 9.64. The van der Waals surface area contributed by atoms with E-state index in [1.54, 1.807) is 32.2 Å². The Morgan fingerprint density at radius 3 is 2.62 bits per heavy atom. The molecule has 0 saturated heterocycles. The number of ether oxygens (including phenoxy) is 2. The van der Waals surface area contributed by atoms with Crippen LogP contribution in [-0.2, 0) is 4.79 Å². The first kappa shape index (κ1) is 19.0. The lowest BCUT2D eigenvalue weighted by Gasteiger charge is -2.09. The van der Waals surface area contributed by atoms with Crippen LogP contribution in [0.3, 0.4) is 0 Å². The summed E-state index contributed by atoms with van der Waals surface area (Å²) < 4.78 is 10.7. The third kappa shape index (κ3) is 4.83. The summed E-state index contributed by atoms with van der Waals surface area (Å²) in [7, 11) is 1.55. The van der Waals surface area contributed by atoms with Gasteiger partial charge >= 0.3 is 0 Å². The van der Waals surface area contributed by atoms with Crippen molar-refractivity contribution in [2.24, 2.45) is 0 Å². The number of nitrogens with zero attached hydrogens (tertiary/aromatic N) is 1. The number of carbonyl (C=O) groups excluding carboxylic acids is 1. The number of aryl methyl sites for hydroxylation is 1. The molecule has 0 aromatic heterocycles. The lowest BCUT2D eigenvalue weighted by Crippen LogP contribution is -2.09. The van der Waals surface area contributed by atoms with E-state index < -0.39 is 4.92 Å². The number of nitrogens with one attached hydrogen (secondary N) is 1. The van der Waals surface area contributed by atoms with E-state index in [4.69, 9.17) is 9.47 Å². The minimum atomic E-state index is -0.474. The van der Waals surface area contributed by atoms with Crippen molar-refractivity contribution in [2.45, 2.75) is 13.8 Å². The van der Waals surface area contributed by atoms with Gasteiger partial charge in [0.25, 0.3) is 5.69 Å². The van der Waals surface area contributed by atoms with E-state index >= 15 is 0 Å². The van der Waals surface area contributed by atoms with Crippen LogP contribution in [0.4, 0.5) is 11.4 Å². The number of hydrogen-bond acceptors (Lipinski definition) is 5. The van der Waals surface area contributed by atoms with E-state index in [1.165, 1.54) is 24.3 Å². The molecule has 7 nitrogen and oxygen atoms in total. The Hall–Kier alpha value is -3.35. The van der Waals surface area contributed by atoms with Gasteiger partial charge in [0.05, 0.1) is 18.6 Å². The lowest BCUT2D eigenvalue weighted by atomic mass is 10.1. The van der Waals surface area contributed by atoms with E-state index in [0.717, 1.165) is 5.56 Å². The van der Waals surface area contributed by atoms with Crippen molar-refractivity contribution in [3.05, 3.63) is 63.7 Å². The first-order valence-electron chi connectivity index (χ1n) is 7.99. The topological polar surface area (TPSA) is 90.7 Å². The number of hydrogen-bond donors (Lipinski definition) is 1. The molecular weight excluding hydrogens is 336 g/mol. The molecule has 0 radical (unpaired) electrons. The average Bonchev–Trinajstić information content (AvgIpc) is 2.62. The number of carbonyl (C=O) groups is 1. The summed E-state index contributed by atoms with van der Waals surface area (Å²) in [4.78, 5) is 22.4. The van der Waals surface area contributed by atoms with E-state index in [9.17, 15) is 14.9 Å². The number of benzene rings is 2. The molecule has 0 bridgehead atoms. The van der Waals surface area contributed by atoms with E-state index in [-0.39, 0.29) is 11.6 Å². The molecule has 26 heavy (non-hydrogen) atoms. The summed E-state index contributed by atoms with van der Waals surface area (Å²) in [5.41, 5.74) is 1.90. The van der Waals surface area contributed by atoms with E-state index in [2.05, 4.69) is 5.32 Å². The van der Waals surface area contributed by atoms with Gasteiger partial charge in [0.2, 0.25) is 5.91 Å². The van der Waals surface area contributed by atoms with Gasteiger partial charge < -0.3 is 14.8 Å². The Kier molecular flexibility index (Phi) is 6.32. The van der Waals surface area contributed by atoms with Crippen molar-refractivity contribution < 1.29 is 19.2 Å². The summed E-state index contributed by atoms with van der Waals surface area (Å²) in [6.07, 6.45) is 3.03. The van der Waals surface area contributed by atoms with E-state index in [1.807, 2.05) is 13.0 Å². The van der Waals surface area contributed by atoms with E-state index in [0.29, 0.717) is 29.4 Å². The highest BCUT2D eigenvalue weighted by atomic mass is 16.6. The third-order valence-corrected chi connectivity index (χ3v) is 3.59. The van der Waals surface area contributed by atoms with Crippen molar-refractivity contribution in [3.8, 4) is 11.5 Å². The quantitative estimate of drug-likeness (QED) is 0.461. The summed E-state index contributed by atoms with van der Waals surface area (Å²) in [6.45, 7) is 4.12. The van der Waals surface area contributed by atoms with Gasteiger partial charge in [-0.25, -0.2) is 0 Å². The predicted octanol–water partition coefficient (Wildman–Crippen LogP) is 3.96. The fraction of sp³-hybridized carbons (Fsp3) is 0.211. The molecule has 7 heteroatoms. The molecule has 0 aliphatic rings. The summed E-state index contributed by atoms with van der Waals surface area (Å²) in [5, 5.41) is 13.5. The Morgan fingerprint density at radius 1 is 1.23 bits per heavy atom. The SMILES string of the molecule is CCOc1ccc(/C=C/C(=O)Nc2ccc([N+](=O)[O-])cc2C)cc1OC. The number of nitro groups is 1. The highest BCUT2D eigenvalue weighted by Gasteiger charge is 2.09. The lowest BCUT2D eigenvalue weighted by molar-refractivity contribution is -0.384. The molecule has 0 aliphatic carbocycles. The van der Waals surface area contributed by atoms with Crippen LogP contribution in [0.5, 0.6) is 11.5 Å². The predicted molar refractivity (Wildman–Crippen MR) is 99.7 cm³/mol. The maximum absolute atomic E-state index is 12.1. The molecular formula is C19H20N2O5. The van der Waals surface area contributed by atoms with Gasteiger partial charge in [-0.3, -0.25) is 14.9 Å². The number of anilines is 1. The summed E-state index contributed by atoms with van der Waals surface area (Å²) >= 11 is 0. The molecule has 0 unspecified atom stereocenters. The van der Waals surface area contributed by atoms with Crippen molar-refractivity contribution in [1.82, 2.24) is 0 Å². The van der Waals surface area contributed by atoms with Gasteiger partial charge in [-0.15, -0.1) is 0 Å². The maximum Gasteiger partial charge on any atom is 0.269 e. The molecule has 0 aliphatic heterocycles. The molecule has 0 fully saturated rings. The fourth-order valence-corrected chi connectivity index (χ4v) is 2.31. The van der Waals surface area contributed by atoms with Gasteiger partial charge in [0.15, 0.2) is 11.5 Å². The van der Waals surface area contributed by atoms with Gasteiger partial charge in [-0.2, -0.15) is 0 Å². The molecule has 1 N–H and O–H groups in total. The molecule has 136 valence electrons. The second-order valence-electron chi connectivity index (χ2n) is 5.42. The number of amides is 1. The molecule has 2 aromatic carbocycles. The number of nitro benzene ring substituents is 1. The fourth-order valence-electron chi connectivity index (χ4n) is 2.31. The van der Waals surface area contributed by atoms with Crippen LogP contribution < -0.4 is 14.8 Å². The Balaban J connectivity index is 2.09. The highest BCUT2D eigenvalue weighted by molar-refractivity contribution is 6.02. The Bertz CT molecular complexity index is 846. The van der Waals surface area contributed by atoms with Gasteiger partial charge in [0, 0.05) is 23.9 Å². The molecule has 1 amide bonds. The van der Waals surface area contributed by atoms with Crippen molar-refractivity contribution >= 4 is 23.4 Å². The van der Waals surface area contributed by atoms with Crippen LogP contribution in [0.1, 0.15) is 18.1 Å². The van der Waals surface area contributed by atoms with Crippen molar-refractivity contribution in [2.75, 3.05) is 19.0 Å². The van der Waals surface area contributed by atoms with Gasteiger partial charge in [-0.1, -0.05) is 6.07 Å². The number of non-ortho nitro benzene ring substituents is 1. The molecule has 2 aromatic rings. The molecule has 2 rings (SSSR count). The van der Waals surface area contributed by atoms with Crippen LogP contribution in [0.2, 0.25) is 0 Å². The average molecular weight is 356 g/mol. The first-order valence-corrected chi connectivity index (χ1v) is 7.99. The molecule has 0 spiro atoms. The normalized spacial score (nSPS) is 10.6. The minimum Gasteiger partial charge on any atom is -0.493 e. The maximum atomic E-state index is 12.1. The molecule has 0 atom stereocenters. The standard InChI is InChI=1S/C19H20N2O5/c1-4-26-17-9-5-14(12-18(17)25-3)6-10-19(22)20-16-8-7-15(21(23)24)11-13(16)2/h5-12H,4H2,1-3H3,(H,20,22)/b10-6+. The number of methoxy groups -OCH3 is 1. The summed E-state index contributed by atoms with van der Waals surface area (Å²) in [5.74, 6) is 0.883. The minimum absolute atomic E-state index is 0.0162. The van der Waals surface area contributed by atoms with Crippen LogP contribution in [-0.4, -0.2) is 24.5 Å². The molecule has 0 saturated carbocycles. The van der Waals surface area contributed by atoms with Crippen LogP contribution >= 0.6 is 0 Å². The van der Waals surface area contributed by atoms with Crippen molar-refractivity contribution in [3.63, 3.8) is 0 Å². The number of rotatable bonds is 7. The second-order valence-corrected chi connectivity index (χ2v) is 5.42. The van der Waals surface area contributed by atoms with Crippen LogP contribution in [0, 0.1) is 17.0 Å². The monoisotopic (exact) mass is 356 g/mol. The molecule has 0 heterocycles. The zero-order valence-electron chi connectivity index (χ0n) is 14.8. The smallest absolute Gasteiger partial charge is 0.269 e. The van der Waals surface area contributed by atoms with Crippen molar-refractivity contribution in [1.29, 1.82) is 0 Å². The Labute approximate surface area is 151 Å². The third-order valence-electron chi connectivity index (χ3n) is 3.59. The zero-order valence-corrected chi connectivity index (χ0v) is 14.8. The highest BCUT2D eigenvalue weighted by Crippen LogP contribution is 2.28.